The van der Waals surface area contributed by atoms with Crippen molar-refractivity contribution in [3.05, 3.63) is 35.2 Å². The van der Waals surface area contributed by atoms with Gasteiger partial charge in [0.15, 0.2) is 0 Å². The number of thiophene rings is 1. The lowest BCUT2D eigenvalue weighted by molar-refractivity contribution is 0.166. The number of fused-ring (bicyclic) bond motifs is 2. The Balaban J connectivity index is 1.40. The van der Waals surface area contributed by atoms with E-state index in [1.165, 1.54) is 54.4 Å². The molecule has 2 aliphatic rings. The molecule has 0 saturated carbocycles. The lowest BCUT2D eigenvalue weighted by Crippen LogP contribution is -2.45. The molecule has 1 N–H and O–H groups in total. The van der Waals surface area contributed by atoms with E-state index >= 15 is 0 Å². The lowest BCUT2D eigenvalue weighted by atomic mass is 9.97. The Morgan fingerprint density at radius 2 is 2.15 bits per heavy atom. The maximum atomic E-state index is 3.81. The van der Waals surface area contributed by atoms with Gasteiger partial charge >= 0.3 is 0 Å². The monoisotopic (exact) mass is 286 g/mol. The molecule has 2 unspecified atom stereocenters. The fourth-order valence-electron chi connectivity index (χ4n) is 3.83. The Hall–Kier alpha value is -0.900. The maximum absolute atomic E-state index is 3.81. The zero-order valence-electron chi connectivity index (χ0n) is 11.8. The van der Waals surface area contributed by atoms with E-state index in [0.29, 0.717) is 6.04 Å². The number of rotatable bonds is 3. The van der Waals surface area contributed by atoms with Crippen LogP contribution in [0, 0.1) is 0 Å². The molecular weight excluding hydrogens is 264 g/mol. The van der Waals surface area contributed by atoms with E-state index in [4.69, 9.17) is 0 Å². The second-order valence-corrected chi connectivity index (χ2v) is 7.10. The van der Waals surface area contributed by atoms with Crippen LogP contribution in [0.15, 0.2) is 29.6 Å². The molecule has 4 rings (SSSR count). The molecule has 2 fully saturated rings. The highest BCUT2D eigenvalue weighted by molar-refractivity contribution is 7.17. The Bertz CT molecular complexity index is 591. The average Bonchev–Trinajstić information content (AvgIpc) is 3.11. The summed E-state index contributed by atoms with van der Waals surface area (Å²) in [6.45, 7) is 3.67. The van der Waals surface area contributed by atoms with Crippen LogP contribution in [0.25, 0.3) is 10.1 Å². The zero-order valence-corrected chi connectivity index (χ0v) is 12.7. The number of nitrogens with zero attached hydrogens (tertiary/aromatic N) is 1. The van der Waals surface area contributed by atoms with Gasteiger partial charge < -0.3 is 10.2 Å². The van der Waals surface area contributed by atoms with Gasteiger partial charge in [-0.3, -0.25) is 0 Å². The number of hydrogen-bond donors (Lipinski definition) is 1. The molecule has 2 saturated heterocycles. The SMILES string of the molecule is c1ccc2c(CNC3CCN4CCCC4C3)csc2c1. The van der Waals surface area contributed by atoms with Crippen molar-refractivity contribution in [1.82, 2.24) is 10.2 Å². The van der Waals surface area contributed by atoms with Gasteiger partial charge in [-0.05, 0) is 61.2 Å². The van der Waals surface area contributed by atoms with Crippen molar-refractivity contribution in [2.45, 2.75) is 44.3 Å². The molecule has 3 heteroatoms. The molecule has 20 heavy (non-hydrogen) atoms. The third-order valence-electron chi connectivity index (χ3n) is 4.96. The van der Waals surface area contributed by atoms with Gasteiger partial charge in [0.25, 0.3) is 0 Å². The van der Waals surface area contributed by atoms with Crippen molar-refractivity contribution in [3.63, 3.8) is 0 Å². The molecule has 2 aromatic rings. The Kier molecular flexibility index (Phi) is 3.51. The van der Waals surface area contributed by atoms with Crippen molar-refractivity contribution < 1.29 is 0 Å². The van der Waals surface area contributed by atoms with Crippen LogP contribution >= 0.6 is 11.3 Å². The summed E-state index contributed by atoms with van der Waals surface area (Å²) in [5, 5.41) is 7.56. The average molecular weight is 286 g/mol. The van der Waals surface area contributed by atoms with Crippen LogP contribution in [-0.2, 0) is 6.54 Å². The van der Waals surface area contributed by atoms with Gasteiger partial charge in [0, 0.05) is 23.3 Å². The molecule has 0 radical (unpaired) electrons. The summed E-state index contributed by atoms with van der Waals surface area (Å²) >= 11 is 1.87. The van der Waals surface area contributed by atoms with Crippen molar-refractivity contribution in [3.8, 4) is 0 Å². The standard InChI is InChI=1S/C17H22N2S/c1-2-6-17-16(5-1)13(12-20-17)11-18-14-7-9-19-8-3-4-15(19)10-14/h1-2,5-6,12,14-15,18H,3-4,7-11H2. The first-order chi connectivity index (χ1) is 9.90. The molecule has 1 aromatic heterocycles. The summed E-state index contributed by atoms with van der Waals surface area (Å²) in [5.74, 6) is 0. The Morgan fingerprint density at radius 1 is 1.20 bits per heavy atom. The summed E-state index contributed by atoms with van der Waals surface area (Å²) < 4.78 is 1.41. The third-order valence-corrected chi connectivity index (χ3v) is 5.98. The molecule has 0 bridgehead atoms. The number of piperidine rings is 1. The molecule has 1 aromatic carbocycles. The first-order valence-electron chi connectivity index (χ1n) is 7.83. The minimum Gasteiger partial charge on any atom is -0.310 e. The van der Waals surface area contributed by atoms with Crippen LogP contribution in [0.5, 0.6) is 0 Å². The quantitative estimate of drug-likeness (QED) is 0.927. The summed E-state index contributed by atoms with van der Waals surface area (Å²) in [7, 11) is 0. The second-order valence-electron chi connectivity index (χ2n) is 6.19. The van der Waals surface area contributed by atoms with Gasteiger partial charge in [-0.2, -0.15) is 0 Å². The van der Waals surface area contributed by atoms with Crippen LogP contribution in [0.1, 0.15) is 31.2 Å². The normalized spacial score (nSPS) is 27.0. The first-order valence-corrected chi connectivity index (χ1v) is 8.70. The highest BCUT2D eigenvalue weighted by Crippen LogP contribution is 2.28. The van der Waals surface area contributed by atoms with E-state index in [9.17, 15) is 0 Å². The number of benzene rings is 1. The van der Waals surface area contributed by atoms with E-state index < -0.39 is 0 Å². The molecule has 3 heterocycles. The molecule has 0 spiro atoms. The van der Waals surface area contributed by atoms with Crippen LogP contribution in [0.3, 0.4) is 0 Å². The molecular formula is C17H22N2S. The van der Waals surface area contributed by atoms with Crippen molar-refractivity contribution in [1.29, 1.82) is 0 Å². The van der Waals surface area contributed by atoms with Crippen molar-refractivity contribution in [2.24, 2.45) is 0 Å². The minimum atomic E-state index is 0.716. The summed E-state index contributed by atoms with van der Waals surface area (Å²) in [5.41, 5.74) is 1.47. The highest BCUT2D eigenvalue weighted by Gasteiger charge is 2.31. The largest absolute Gasteiger partial charge is 0.310 e. The smallest absolute Gasteiger partial charge is 0.0346 e. The van der Waals surface area contributed by atoms with Crippen molar-refractivity contribution in [2.75, 3.05) is 13.1 Å². The summed E-state index contributed by atoms with van der Waals surface area (Å²) in [6, 6.07) is 10.3. The van der Waals surface area contributed by atoms with Crippen molar-refractivity contribution >= 4 is 21.4 Å². The number of hydrogen-bond acceptors (Lipinski definition) is 3. The lowest BCUT2D eigenvalue weighted by Gasteiger charge is -2.35. The van der Waals surface area contributed by atoms with Gasteiger partial charge in [-0.25, -0.2) is 0 Å². The molecule has 0 aliphatic carbocycles. The van der Waals surface area contributed by atoms with Gasteiger partial charge in [-0.1, -0.05) is 18.2 Å². The first kappa shape index (κ1) is 12.8. The molecule has 106 valence electrons. The van der Waals surface area contributed by atoms with Gasteiger partial charge in [0.1, 0.15) is 0 Å². The maximum Gasteiger partial charge on any atom is 0.0346 e. The van der Waals surface area contributed by atoms with Gasteiger partial charge in [0.2, 0.25) is 0 Å². The Morgan fingerprint density at radius 3 is 3.15 bits per heavy atom. The third kappa shape index (κ3) is 2.39. The van der Waals surface area contributed by atoms with E-state index in [0.717, 1.165) is 12.6 Å². The van der Waals surface area contributed by atoms with Gasteiger partial charge in [-0.15, -0.1) is 11.3 Å². The second kappa shape index (κ2) is 5.47. The van der Waals surface area contributed by atoms with E-state index in [2.05, 4.69) is 39.9 Å². The van der Waals surface area contributed by atoms with Gasteiger partial charge in [0.05, 0.1) is 0 Å². The molecule has 2 aliphatic heterocycles. The van der Waals surface area contributed by atoms with E-state index in [1.807, 2.05) is 11.3 Å². The predicted octanol–water partition coefficient (Wildman–Crippen LogP) is 3.62. The zero-order chi connectivity index (χ0) is 13.4. The fourth-order valence-corrected chi connectivity index (χ4v) is 4.80. The van der Waals surface area contributed by atoms with E-state index in [1.54, 1.807) is 0 Å². The fraction of sp³-hybridized carbons (Fsp3) is 0.529. The van der Waals surface area contributed by atoms with Crippen LogP contribution in [-0.4, -0.2) is 30.1 Å². The Labute approximate surface area is 124 Å². The highest BCUT2D eigenvalue weighted by atomic mass is 32.1. The molecule has 2 nitrogen and oxygen atoms in total. The van der Waals surface area contributed by atoms with E-state index in [-0.39, 0.29) is 0 Å². The van der Waals surface area contributed by atoms with Crippen LogP contribution in [0.4, 0.5) is 0 Å². The van der Waals surface area contributed by atoms with Crippen LogP contribution < -0.4 is 5.32 Å². The predicted molar refractivity (Wildman–Crippen MR) is 86.3 cm³/mol. The number of nitrogens with one attached hydrogen (secondary N) is 1. The minimum absolute atomic E-state index is 0.716. The van der Waals surface area contributed by atoms with Crippen LogP contribution in [0.2, 0.25) is 0 Å². The molecule has 0 amide bonds. The topological polar surface area (TPSA) is 15.3 Å². The summed E-state index contributed by atoms with van der Waals surface area (Å²) in [6.07, 6.45) is 5.49. The summed E-state index contributed by atoms with van der Waals surface area (Å²) in [4.78, 5) is 2.69. The molecule has 2 atom stereocenters.